The van der Waals surface area contributed by atoms with Crippen LogP contribution < -0.4 is 0 Å². The first-order valence-electron chi connectivity index (χ1n) is 12.2. The van der Waals surface area contributed by atoms with Crippen molar-refractivity contribution in [3.63, 3.8) is 0 Å². The third-order valence-electron chi connectivity index (χ3n) is 7.55. The molecule has 4 heterocycles. The number of carbonyl (C=O) groups is 2. The lowest BCUT2D eigenvalue weighted by Gasteiger charge is -2.40. The van der Waals surface area contributed by atoms with Crippen LogP contribution in [-0.4, -0.2) is 72.7 Å². The second-order valence-electron chi connectivity index (χ2n) is 9.48. The molecule has 0 spiro atoms. The lowest BCUT2D eigenvalue weighted by molar-refractivity contribution is -0.156. The van der Waals surface area contributed by atoms with E-state index in [0.717, 1.165) is 12.8 Å². The van der Waals surface area contributed by atoms with Crippen LogP contribution in [0, 0.1) is 5.92 Å². The molecule has 5 rings (SSSR count). The summed E-state index contributed by atoms with van der Waals surface area (Å²) in [5.74, 6) is -1.06. The molecule has 3 aliphatic rings. The Hall–Kier alpha value is -2.77. The smallest absolute Gasteiger partial charge is 0.338 e. The zero-order valence-corrected chi connectivity index (χ0v) is 20.3. The SMILES string of the molecule is CN1CCC[C@H]1c1cccnc1.COC(=O)[C@H]1[C@@H](OC(=O)c2ccccc2)C[C@@H]2CC[C@H]1N2C. The number of likely N-dealkylation sites (tertiary alicyclic amines) is 1. The molecule has 3 fully saturated rings. The van der Waals surface area contributed by atoms with Crippen molar-refractivity contribution in [1.82, 2.24) is 14.8 Å². The first-order chi connectivity index (χ1) is 16.5. The number of hydrogen-bond donors (Lipinski definition) is 0. The molecule has 2 bridgehead atoms. The minimum Gasteiger partial charge on any atom is -0.469 e. The summed E-state index contributed by atoms with van der Waals surface area (Å²) in [4.78, 5) is 33.3. The van der Waals surface area contributed by atoms with Crippen LogP contribution in [0.4, 0.5) is 0 Å². The topological polar surface area (TPSA) is 72.0 Å². The fraction of sp³-hybridized carbons (Fsp3) is 0.519. The van der Waals surface area contributed by atoms with Gasteiger partial charge in [-0.25, -0.2) is 4.79 Å². The first-order valence-corrected chi connectivity index (χ1v) is 12.2. The van der Waals surface area contributed by atoms with Crippen LogP contribution in [0.25, 0.3) is 0 Å². The predicted octanol–water partition coefficient (Wildman–Crippen LogP) is 3.72. The zero-order chi connectivity index (χ0) is 24.1. The first kappa shape index (κ1) is 24.4. The lowest BCUT2D eigenvalue weighted by Crippen LogP contribution is -2.53. The van der Waals surface area contributed by atoms with Gasteiger partial charge >= 0.3 is 11.9 Å². The minimum absolute atomic E-state index is 0.0970. The molecule has 1 aromatic carbocycles. The van der Waals surface area contributed by atoms with Crippen molar-refractivity contribution in [3.8, 4) is 0 Å². The number of esters is 2. The monoisotopic (exact) mass is 465 g/mol. The standard InChI is InChI=1S/C17H21NO4.C10H14N2/c1-18-12-8-9-13(18)15(17(20)21-2)14(10-12)22-16(19)11-6-4-3-5-7-11;1-12-7-3-5-10(12)9-4-2-6-11-8-9/h3-7,12-15H,8-10H2,1-2H3;2,4,6,8,10H,3,5,7H2,1H3/t12-,13+,14-,15+;10-/m00/s1. The maximum absolute atomic E-state index is 12.3. The average molecular weight is 466 g/mol. The van der Waals surface area contributed by atoms with E-state index in [0.29, 0.717) is 24.1 Å². The molecule has 7 nitrogen and oxygen atoms in total. The molecule has 0 aliphatic carbocycles. The number of ether oxygens (including phenoxy) is 2. The van der Waals surface area contributed by atoms with Crippen LogP contribution in [0.1, 0.15) is 54.1 Å². The number of nitrogens with zero attached hydrogens (tertiary/aromatic N) is 3. The van der Waals surface area contributed by atoms with Crippen LogP contribution in [0.2, 0.25) is 0 Å². The normalized spacial score (nSPS) is 28.6. The molecule has 34 heavy (non-hydrogen) atoms. The van der Waals surface area contributed by atoms with Crippen molar-refractivity contribution in [2.45, 2.75) is 56.3 Å². The van der Waals surface area contributed by atoms with E-state index in [1.54, 1.807) is 24.3 Å². The van der Waals surface area contributed by atoms with Crippen molar-refractivity contribution >= 4 is 11.9 Å². The molecule has 3 aliphatic heterocycles. The lowest BCUT2D eigenvalue weighted by atomic mass is 9.87. The quantitative estimate of drug-likeness (QED) is 0.638. The van der Waals surface area contributed by atoms with E-state index < -0.39 is 12.0 Å². The number of hydrogen-bond acceptors (Lipinski definition) is 7. The van der Waals surface area contributed by atoms with Crippen LogP contribution >= 0.6 is 0 Å². The molecular weight excluding hydrogens is 430 g/mol. The van der Waals surface area contributed by atoms with Gasteiger partial charge in [0.05, 0.1) is 12.7 Å². The number of methoxy groups -OCH3 is 1. The van der Waals surface area contributed by atoms with Gasteiger partial charge in [-0.3, -0.25) is 19.6 Å². The van der Waals surface area contributed by atoms with Gasteiger partial charge in [0.25, 0.3) is 0 Å². The van der Waals surface area contributed by atoms with Crippen LogP contribution in [0.3, 0.4) is 0 Å². The summed E-state index contributed by atoms with van der Waals surface area (Å²) in [6, 6.07) is 14.2. The van der Waals surface area contributed by atoms with Crippen molar-refractivity contribution in [2.24, 2.45) is 5.92 Å². The van der Waals surface area contributed by atoms with Crippen molar-refractivity contribution in [2.75, 3.05) is 27.7 Å². The number of pyridine rings is 1. The fourth-order valence-electron chi connectivity index (χ4n) is 5.67. The number of benzene rings is 1. The van der Waals surface area contributed by atoms with Gasteiger partial charge in [0.1, 0.15) is 12.0 Å². The molecule has 182 valence electrons. The van der Waals surface area contributed by atoms with Gasteiger partial charge in [0.15, 0.2) is 0 Å². The maximum Gasteiger partial charge on any atom is 0.338 e. The number of fused-ring (bicyclic) bond motifs is 2. The summed E-state index contributed by atoms with van der Waals surface area (Å²) in [6.07, 6.45) is 8.66. The largest absolute Gasteiger partial charge is 0.469 e. The Balaban J connectivity index is 0.000000192. The van der Waals surface area contributed by atoms with Crippen molar-refractivity contribution in [3.05, 3.63) is 66.0 Å². The Morgan fingerprint density at radius 3 is 2.47 bits per heavy atom. The van der Waals surface area contributed by atoms with Crippen LogP contribution in [0.15, 0.2) is 54.9 Å². The van der Waals surface area contributed by atoms with E-state index in [2.05, 4.69) is 27.9 Å². The molecule has 0 amide bonds. The molecular formula is C27H35N3O4. The maximum atomic E-state index is 12.3. The van der Waals surface area contributed by atoms with E-state index in [9.17, 15) is 9.59 Å². The van der Waals surface area contributed by atoms with Crippen molar-refractivity contribution < 1.29 is 19.1 Å². The van der Waals surface area contributed by atoms with E-state index in [1.165, 1.54) is 32.1 Å². The van der Waals surface area contributed by atoms with Gasteiger partial charge in [-0.05, 0) is 70.1 Å². The van der Waals surface area contributed by atoms with Crippen molar-refractivity contribution in [1.29, 1.82) is 0 Å². The molecule has 3 saturated heterocycles. The summed E-state index contributed by atoms with van der Waals surface area (Å²) < 4.78 is 10.6. The highest BCUT2D eigenvalue weighted by Crippen LogP contribution is 2.40. The molecule has 0 unspecified atom stereocenters. The highest BCUT2D eigenvalue weighted by Gasteiger charge is 2.51. The second-order valence-corrected chi connectivity index (χ2v) is 9.48. The molecule has 2 aromatic rings. The summed E-state index contributed by atoms with van der Waals surface area (Å²) in [7, 11) is 5.61. The summed E-state index contributed by atoms with van der Waals surface area (Å²) in [5, 5.41) is 0. The van der Waals surface area contributed by atoms with E-state index in [1.807, 2.05) is 31.6 Å². The van der Waals surface area contributed by atoms with Gasteiger partial charge in [-0.15, -0.1) is 0 Å². The molecule has 0 radical (unpaired) electrons. The minimum atomic E-state index is -0.408. The van der Waals surface area contributed by atoms with E-state index >= 15 is 0 Å². The predicted molar refractivity (Wildman–Crippen MR) is 129 cm³/mol. The van der Waals surface area contributed by atoms with Gasteiger partial charge in [0, 0.05) is 36.9 Å². The number of aromatic nitrogens is 1. The number of rotatable bonds is 4. The van der Waals surface area contributed by atoms with Gasteiger partial charge in [0.2, 0.25) is 0 Å². The van der Waals surface area contributed by atoms with Crippen LogP contribution in [0.5, 0.6) is 0 Å². The van der Waals surface area contributed by atoms with Gasteiger partial charge < -0.3 is 9.47 Å². The molecule has 7 heteroatoms. The van der Waals surface area contributed by atoms with Gasteiger partial charge in [-0.2, -0.15) is 0 Å². The van der Waals surface area contributed by atoms with E-state index in [4.69, 9.17) is 9.47 Å². The Labute approximate surface area is 202 Å². The molecule has 5 atom stereocenters. The molecule has 0 saturated carbocycles. The van der Waals surface area contributed by atoms with Crippen LogP contribution in [-0.2, 0) is 14.3 Å². The Kier molecular flexibility index (Phi) is 7.95. The Bertz CT molecular complexity index is 955. The fourth-order valence-corrected chi connectivity index (χ4v) is 5.67. The highest BCUT2D eigenvalue weighted by molar-refractivity contribution is 5.89. The molecule has 1 aromatic heterocycles. The average Bonchev–Trinajstić information content (AvgIpc) is 3.40. The summed E-state index contributed by atoms with van der Waals surface area (Å²) in [6.45, 7) is 1.22. The van der Waals surface area contributed by atoms with Gasteiger partial charge in [-0.1, -0.05) is 24.3 Å². The van der Waals surface area contributed by atoms with E-state index in [-0.39, 0.29) is 18.0 Å². The number of carbonyl (C=O) groups excluding carboxylic acids is 2. The summed E-state index contributed by atoms with van der Waals surface area (Å²) >= 11 is 0. The Morgan fingerprint density at radius 1 is 1.03 bits per heavy atom. The third-order valence-corrected chi connectivity index (χ3v) is 7.55. The Morgan fingerprint density at radius 2 is 1.82 bits per heavy atom. The number of piperidine rings is 1. The zero-order valence-electron chi connectivity index (χ0n) is 20.3. The highest BCUT2D eigenvalue weighted by atomic mass is 16.6. The second kappa shape index (κ2) is 11.1. The third kappa shape index (κ3) is 5.31. The molecule has 0 N–H and O–H groups in total. The summed E-state index contributed by atoms with van der Waals surface area (Å²) in [5.41, 5.74) is 1.87.